The summed E-state index contributed by atoms with van der Waals surface area (Å²) in [6.45, 7) is 4.39. The molecule has 20 heavy (non-hydrogen) atoms. The van der Waals surface area contributed by atoms with Crippen LogP contribution in [0.15, 0.2) is 16.3 Å². The van der Waals surface area contributed by atoms with Gasteiger partial charge in [0.15, 0.2) is 0 Å². The van der Waals surface area contributed by atoms with Gasteiger partial charge in [0, 0.05) is 16.7 Å². The molecule has 0 aliphatic carbocycles. The van der Waals surface area contributed by atoms with Crippen molar-refractivity contribution in [2.24, 2.45) is 0 Å². The molecule has 0 saturated carbocycles. The molecule has 2 N–H and O–H groups in total. The highest BCUT2D eigenvalue weighted by molar-refractivity contribution is 8.00. The third-order valence-electron chi connectivity index (χ3n) is 3.40. The molecule has 1 heterocycles. The zero-order chi connectivity index (χ0) is 15.4. The first-order valence-corrected chi connectivity index (χ1v) is 9.75. The van der Waals surface area contributed by atoms with Crippen LogP contribution in [-0.4, -0.2) is 37.0 Å². The van der Waals surface area contributed by atoms with Crippen molar-refractivity contribution in [3.8, 4) is 0 Å². The highest BCUT2D eigenvalue weighted by atomic mass is 32.2. The second-order valence-corrected chi connectivity index (χ2v) is 8.32. The summed E-state index contributed by atoms with van der Waals surface area (Å²) in [7, 11) is -3.65. The van der Waals surface area contributed by atoms with Crippen molar-refractivity contribution in [1.29, 1.82) is 0 Å². The number of carboxylic acid groups (broad SMARTS) is 1. The van der Waals surface area contributed by atoms with E-state index in [9.17, 15) is 13.2 Å². The molecule has 0 aliphatic rings. The van der Waals surface area contributed by atoms with Crippen molar-refractivity contribution in [1.82, 2.24) is 4.72 Å². The lowest BCUT2D eigenvalue weighted by Gasteiger charge is -2.29. The molecule has 1 rings (SSSR count). The van der Waals surface area contributed by atoms with Crippen LogP contribution in [0.25, 0.3) is 0 Å². The molecule has 0 aliphatic heterocycles. The van der Waals surface area contributed by atoms with Gasteiger partial charge in [-0.05, 0) is 25.2 Å². The fourth-order valence-corrected chi connectivity index (χ4v) is 4.87. The summed E-state index contributed by atoms with van der Waals surface area (Å²) in [6.07, 6.45) is 3.68. The fraction of sp³-hybridized carbons (Fsp3) is 0.583. The normalized spacial score (nSPS) is 12.6. The minimum absolute atomic E-state index is 0.0158. The second kappa shape index (κ2) is 6.93. The molecule has 0 unspecified atom stereocenters. The number of aromatic carboxylic acids is 1. The van der Waals surface area contributed by atoms with Crippen molar-refractivity contribution in [3.05, 3.63) is 16.3 Å². The lowest BCUT2D eigenvalue weighted by molar-refractivity contribution is 0.0702. The highest BCUT2D eigenvalue weighted by Crippen LogP contribution is 2.30. The van der Waals surface area contributed by atoms with Gasteiger partial charge in [-0.3, -0.25) is 0 Å². The third kappa shape index (κ3) is 3.97. The highest BCUT2D eigenvalue weighted by Gasteiger charge is 2.28. The van der Waals surface area contributed by atoms with Crippen LogP contribution < -0.4 is 4.72 Å². The quantitative estimate of drug-likeness (QED) is 0.762. The minimum atomic E-state index is -3.65. The number of hydrogen-bond acceptors (Lipinski definition) is 5. The van der Waals surface area contributed by atoms with E-state index >= 15 is 0 Å². The van der Waals surface area contributed by atoms with Gasteiger partial charge in [0.05, 0.1) is 4.90 Å². The Kier molecular flexibility index (Phi) is 6.06. The zero-order valence-corrected chi connectivity index (χ0v) is 14.1. The predicted molar refractivity (Wildman–Crippen MR) is 83.3 cm³/mol. The van der Waals surface area contributed by atoms with Crippen LogP contribution in [0.1, 0.15) is 36.4 Å². The van der Waals surface area contributed by atoms with E-state index in [0.29, 0.717) is 6.54 Å². The Morgan fingerprint density at radius 3 is 2.45 bits per heavy atom. The molecule has 0 bridgehead atoms. The number of rotatable bonds is 8. The van der Waals surface area contributed by atoms with Crippen molar-refractivity contribution in [2.45, 2.75) is 36.3 Å². The summed E-state index contributed by atoms with van der Waals surface area (Å²) >= 11 is 2.56. The summed E-state index contributed by atoms with van der Waals surface area (Å²) in [5.41, 5.74) is 0. The van der Waals surface area contributed by atoms with Gasteiger partial charge in [0.25, 0.3) is 0 Å². The largest absolute Gasteiger partial charge is 0.477 e. The van der Waals surface area contributed by atoms with Crippen LogP contribution in [0.4, 0.5) is 0 Å². The molecule has 0 spiro atoms. The molecule has 0 atom stereocenters. The molecule has 0 aromatic carbocycles. The number of nitrogens with one attached hydrogen (secondary N) is 1. The van der Waals surface area contributed by atoms with Crippen LogP contribution >= 0.6 is 23.1 Å². The molecule has 5 nitrogen and oxygen atoms in total. The average Bonchev–Trinajstić information content (AvgIpc) is 2.91. The van der Waals surface area contributed by atoms with E-state index in [4.69, 9.17) is 5.11 Å². The van der Waals surface area contributed by atoms with E-state index in [2.05, 4.69) is 4.72 Å². The Balaban J connectivity index is 2.87. The van der Waals surface area contributed by atoms with Crippen LogP contribution in [0.3, 0.4) is 0 Å². The van der Waals surface area contributed by atoms with E-state index < -0.39 is 16.0 Å². The first-order valence-electron chi connectivity index (χ1n) is 6.17. The number of carboxylic acids is 1. The summed E-state index contributed by atoms with van der Waals surface area (Å²) in [6, 6.07) is 1.19. The second-order valence-electron chi connectivity index (χ2n) is 4.37. The van der Waals surface area contributed by atoms with Gasteiger partial charge >= 0.3 is 5.97 Å². The first-order chi connectivity index (χ1) is 9.30. The predicted octanol–water partition coefficient (Wildman–Crippen LogP) is 2.65. The van der Waals surface area contributed by atoms with Crippen LogP contribution in [0.5, 0.6) is 0 Å². The third-order valence-corrected chi connectivity index (χ3v) is 7.44. The van der Waals surface area contributed by atoms with Crippen LogP contribution in [0.2, 0.25) is 0 Å². The topological polar surface area (TPSA) is 83.5 Å². The molecule has 114 valence electrons. The van der Waals surface area contributed by atoms with Crippen molar-refractivity contribution < 1.29 is 18.3 Å². The van der Waals surface area contributed by atoms with E-state index in [1.165, 1.54) is 11.4 Å². The van der Waals surface area contributed by atoms with Gasteiger partial charge < -0.3 is 5.11 Å². The van der Waals surface area contributed by atoms with Gasteiger partial charge in [-0.1, -0.05) is 13.8 Å². The van der Waals surface area contributed by atoms with Gasteiger partial charge in [-0.25, -0.2) is 17.9 Å². The SMILES string of the molecule is CCC(CC)(CNS(=O)(=O)c1csc(C(=O)O)c1)SC. The average molecular weight is 337 g/mol. The Labute approximate surface area is 127 Å². The monoisotopic (exact) mass is 337 g/mol. The fourth-order valence-electron chi connectivity index (χ4n) is 1.74. The standard InChI is InChI=1S/C12H19NO4S3/c1-4-12(5-2,18-3)8-13-20(16,17)9-6-10(11(14)15)19-7-9/h6-7,13H,4-5,8H2,1-3H3,(H,14,15). The number of hydrogen-bond donors (Lipinski definition) is 2. The molecular weight excluding hydrogens is 318 g/mol. The van der Waals surface area contributed by atoms with E-state index in [1.807, 2.05) is 20.1 Å². The summed E-state index contributed by atoms with van der Waals surface area (Å²) < 4.78 is 26.8. The lowest BCUT2D eigenvalue weighted by Crippen LogP contribution is -2.39. The number of carbonyl (C=O) groups is 1. The maximum Gasteiger partial charge on any atom is 0.345 e. The minimum Gasteiger partial charge on any atom is -0.477 e. The van der Waals surface area contributed by atoms with Crippen molar-refractivity contribution in [2.75, 3.05) is 12.8 Å². The van der Waals surface area contributed by atoms with Gasteiger partial charge in [0.1, 0.15) is 4.88 Å². The smallest absolute Gasteiger partial charge is 0.345 e. The number of thioether (sulfide) groups is 1. The van der Waals surface area contributed by atoms with E-state index in [0.717, 1.165) is 24.2 Å². The van der Waals surface area contributed by atoms with Crippen molar-refractivity contribution >= 4 is 39.1 Å². The summed E-state index contributed by atoms with van der Waals surface area (Å²) in [5, 5.41) is 10.2. The molecule has 1 aromatic rings. The van der Waals surface area contributed by atoms with Gasteiger partial charge in [-0.2, -0.15) is 11.8 Å². The molecule has 0 amide bonds. The van der Waals surface area contributed by atoms with Gasteiger partial charge in [0.2, 0.25) is 10.0 Å². The molecule has 0 radical (unpaired) electrons. The first kappa shape index (κ1) is 17.5. The Morgan fingerprint density at radius 1 is 1.45 bits per heavy atom. The Bertz CT molecular complexity index is 553. The Hall–Kier alpha value is -0.570. The molecule has 0 fully saturated rings. The maximum absolute atomic E-state index is 12.2. The van der Waals surface area contributed by atoms with Crippen LogP contribution in [-0.2, 0) is 10.0 Å². The molecular formula is C12H19NO4S3. The number of sulfonamides is 1. The van der Waals surface area contributed by atoms with Crippen LogP contribution in [0, 0.1) is 0 Å². The van der Waals surface area contributed by atoms with Crippen molar-refractivity contribution in [3.63, 3.8) is 0 Å². The lowest BCUT2D eigenvalue weighted by atomic mass is 10.0. The number of thiophene rings is 1. The summed E-state index contributed by atoms with van der Waals surface area (Å²) in [4.78, 5) is 10.8. The molecule has 0 saturated heterocycles. The van der Waals surface area contributed by atoms with E-state index in [-0.39, 0.29) is 14.5 Å². The maximum atomic E-state index is 12.2. The van der Waals surface area contributed by atoms with E-state index in [1.54, 1.807) is 11.8 Å². The summed E-state index contributed by atoms with van der Waals surface area (Å²) in [5.74, 6) is -1.11. The van der Waals surface area contributed by atoms with Gasteiger partial charge in [-0.15, -0.1) is 11.3 Å². The molecule has 8 heteroatoms. The zero-order valence-electron chi connectivity index (χ0n) is 11.7. The molecule has 1 aromatic heterocycles. The Morgan fingerprint density at radius 2 is 2.05 bits per heavy atom.